The fourth-order valence-electron chi connectivity index (χ4n) is 3.72. The van der Waals surface area contributed by atoms with Crippen molar-refractivity contribution in [1.29, 1.82) is 5.26 Å². The van der Waals surface area contributed by atoms with Crippen LogP contribution >= 0.6 is 0 Å². The summed E-state index contributed by atoms with van der Waals surface area (Å²) in [5.41, 5.74) is 1.88. The fraction of sp³-hybridized carbons (Fsp3) is 0.200. The summed E-state index contributed by atoms with van der Waals surface area (Å²) < 4.78 is 31.6. The molecule has 0 amide bonds. The normalized spacial score (nSPS) is 11.6. The lowest BCUT2D eigenvalue weighted by Crippen LogP contribution is -2.17. The molecule has 0 atom stereocenters. The number of nitrogens with zero attached hydrogens (tertiary/aromatic N) is 1. The Morgan fingerprint density at radius 1 is 1.06 bits per heavy atom. The summed E-state index contributed by atoms with van der Waals surface area (Å²) in [7, 11) is 1.58. The number of rotatable bonds is 6. The van der Waals surface area contributed by atoms with E-state index in [1.165, 1.54) is 18.2 Å². The summed E-state index contributed by atoms with van der Waals surface area (Å²) in [5, 5.41) is 9.42. The van der Waals surface area contributed by atoms with Gasteiger partial charge in [-0.05, 0) is 53.5 Å². The van der Waals surface area contributed by atoms with E-state index in [2.05, 4.69) is 26.8 Å². The zero-order chi connectivity index (χ0) is 25.9. The smallest absolute Gasteiger partial charge is 0.201 e. The van der Waals surface area contributed by atoms with Crippen LogP contribution in [0.5, 0.6) is 11.5 Å². The number of nitriles is 1. The molecule has 0 saturated carbocycles. The van der Waals surface area contributed by atoms with Gasteiger partial charge >= 0.3 is 0 Å². The molecular formula is C30H26FNO4. The number of fused-ring (bicyclic) bond motifs is 1. The maximum Gasteiger partial charge on any atom is 0.201 e. The first-order chi connectivity index (χ1) is 17.2. The first-order valence-corrected chi connectivity index (χ1v) is 11.4. The van der Waals surface area contributed by atoms with Gasteiger partial charge in [0.2, 0.25) is 5.43 Å². The van der Waals surface area contributed by atoms with Crippen LogP contribution in [-0.2, 0) is 0 Å². The third-order valence-corrected chi connectivity index (χ3v) is 5.48. The Bertz CT molecular complexity index is 1540. The SMILES string of the molecule is COc1cccc(/C=C/c2oc3cc(F)ccc3c(=O)c2-c2ccc(C#N)cc2)c1OCC(C)(C)C. The maximum atomic E-state index is 13.9. The second kappa shape index (κ2) is 10.1. The zero-order valence-corrected chi connectivity index (χ0v) is 20.6. The van der Waals surface area contributed by atoms with Gasteiger partial charge in [-0.1, -0.05) is 45.0 Å². The van der Waals surface area contributed by atoms with E-state index in [4.69, 9.17) is 19.2 Å². The molecule has 0 radical (unpaired) electrons. The Morgan fingerprint density at radius 2 is 1.81 bits per heavy atom. The molecule has 0 unspecified atom stereocenters. The van der Waals surface area contributed by atoms with Crippen molar-refractivity contribution in [2.75, 3.05) is 13.7 Å². The molecule has 1 aromatic heterocycles. The first kappa shape index (κ1) is 24.7. The minimum Gasteiger partial charge on any atom is -0.493 e. The lowest BCUT2D eigenvalue weighted by molar-refractivity contribution is 0.191. The van der Waals surface area contributed by atoms with Gasteiger partial charge in [0.05, 0.1) is 36.3 Å². The molecule has 0 fully saturated rings. The Kier molecular flexibility index (Phi) is 6.93. The topological polar surface area (TPSA) is 72.5 Å². The van der Waals surface area contributed by atoms with Crippen molar-refractivity contribution in [3.8, 4) is 28.7 Å². The van der Waals surface area contributed by atoms with Crippen molar-refractivity contribution < 1.29 is 18.3 Å². The Morgan fingerprint density at radius 3 is 2.47 bits per heavy atom. The van der Waals surface area contributed by atoms with Crippen LogP contribution in [-0.4, -0.2) is 13.7 Å². The highest BCUT2D eigenvalue weighted by atomic mass is 19.1. The highest BCUT2D eigenvalue weighted by Crippen LogP contribution is 2.34. The van der Waals surface area contributed by atoms with Crippen molar-refractivity contribution in [2.24, 2.45) is 5.41 Å². The monoisotopic (exact) mass is 483 g/mol. The van der Waals surface area contributed by atoms with Crippen molar-refractivity contribution in [2.45, 2.75) is 20.8 Å². The van der Waals surface area contributed by atoms with Crippen LogP contribution in [0.1, 0.15) is 37.7 Å². The van der Waals surface area contributed by atoms with Gasteiger partial charge in [0.25, 0.3) is 0 Å². The van der Waals surface area contributed by atoms with E-state index in [9.17, 15) is 9.18 Å². The molecule has 6 heteroatoms. The summed E-state index contributed by atoms with van der Waals surface area (Å²) in [4.78, 5) is 13.5. The lowest BCUT2D eigenvalue weighted by atomic mass is 9.98. The molecular weight excluding hydrogens is 457 g/mol. The molecule has 0 aliphatic carbocycles. The van der Waals surface area contributed by atoms with Crippen molar-refractivity contribution in [3.63, 3.8) is 0 Å². The van der Waals surface area contributed by atoms with Crippen LogP contribution in [0, 0.1) is 22.6 Å². The van der Waals surface area contributed by atoms with Gasteiger partial charge in [-0.15, -0.1) is 0 Å². The van der Waals surface area contributed by atoms with E-state index < -0.39 is 5.82 Å². The number of hydrogen-bond acceptors (Lipinski definition) is 5. The number of ether oxygens (including phenoxy) is 2. The molecule has 5 nitrogen and oxygen atoms in total. The molecule has 3 aromatic carbocycles. The molecule has 0 aliphatic rings. The fourth-order valence-corrected chi connectivity index (χ4v) is 3.72. The summed E-state index contributed by atoms with van der Waals surface area (Å²) in [6.45, 7) is 6.69. The molecule has 36 heavy (non-hydrogen) atoms. The van der Waals surface area contributed by atoms with Crippen LogP contribution in [0.4, 0.5) is 4.39 Å². The van der Waals surface area contributed by atoms with Gasteiger partial charge in [0.1, 0.15) is 17.2 Å². The number of benzene rings is 3. The van der Waals surface area contributed by atoms with E-state index >= 15 is 0 Å². The quantitative estimate of drug-likeness (QED) is 0.293. The molecule has 4 aromatic rings. The van der Waals surface area contributed by atoms with Gasteiger partial charge in [0.15, 0.2) is 11.5 Å². The maximum absolute atomic E-state index is 13.9. The van der Waals surface area contributed by atoms with E-state index in [-0.39, 0.29) is 27.6 Å². The predicted molar refractivity (Wildman–Crippen MR) is 139 cm³/mol. The van der Waals surface area contributed by atoms with Crippen LogP contribution < -0.4 is 14.9 Å². The summed E-state index contributed by atoms with van der Waals surface area (Å²) in [5.74, 6) is 0.904. The van der Waals surface area contributed by atoms with Crippen molar-refractivity contribution in [3.05, 3.63) is 93.6 Å². The first-order valence-electron chi connectivity index (χ1n) is 11.4. The molecule has 0 aliphatic heterocycles. The number of methoxy groups -OCH3 is 1. The third-order valence-electron chi connectivity index (χ3n) is 5.48. The van der Waals surface area contributed by atoms with Gasteiger partial charge in [-0.3, -0.25) is 4.79 Å². The van der Waals surface area contributed by atoms with Crippen molar-refractivity contribution >= 4 is 23.1 Å². The molecule has 0 saturated heterocycles. The highest BCUT2D eigenvalue weighted by molar-refractivity contribution is 5.87. The Labute approximate surface area is 209 Å². The van der Waals surface area contributed by atoms with Crippen LogP contribution in [0.25, 0.3) is 34.2 Å². The zero-order valence-electron chi connectivity index (χ0n) is 20.6. The largest absolute Gasteiger partial charge is 0.493 e. The predicted octanol–water partition coefficient (Wildman–Crippen LogP) is 7.07. The summed E-state index contributed by atoms with van der Waals surface area (Å²) in [6, 6.07) is 18.1. The number of hydrogen-bond donors (Lipinski definition) is 0. The van der Waals surface area contributed by atoms with Crippen molar-refractivity contribution in [1.82, 2.24) is 0 Å². The minimum absolute atomic E-state index is 0.0696. The average molecular weight is 484 g/mol. The Balaban J connectivity index is 1.88. The standard InChI is InChI=1S/C30H26FNO4/c1-30(2,3)18-35-29-21(6-5-7-25(29)34-4)12-15-24-27(20-10-8-19(17-32)9-11-20)28(33)23-14-13-22(31)16-26(23)36-24/h5-16H,18H2,1-4H3/b15-12+. The van der Waals surface area contributed by atoms with E-state index in [1.54, 1.807) is 43.5 Å². The highest BCUT2D eigenvalue weighted by Gasteiger charge is 2.18. The molecule has 182 valence electrons. The number of para-hydroxylation sites is 1. The second-order valence-electron chi connectivity index (χ2n) is 9.56. The average Bonchev–Trinajstić information content (AvgIpc) is 2.85. The van der Waals surface area contributed by atoms with Gasteiger partial charge in [-0.2, -0.15) is 5.26 Å². The van der Waals surface area contributed by atoms with Crippen LogP contribution in [0.15, 0.2) is 69.9 Å². The molecule has 1 heterocycles. The molecule has 0 spiro atoms. The van der Waals surface area contributed by atoms with Gasteiger partial charge in [0, 0.05) is 11.6 Å². The Hall–Kier alpha value is -4.37. The van der Waals surface area contributed by atoms with E-state index in [0.717, 1.165) is 5.56 Å². The lowest BCUT2D eigenvalue weighted by Gasteiger charge is -2.21. The molecule has 0 N–H and O–H groups in total. The number of halogens is 1. The van der Waals surface area contributed by atoms with Gasteiger partial charge in [-0.25, -0.2) is 4.39 Å². The second-order valence-corrected chi connectivity index (χ2v) is 9.56. The van der Waals surface area contributed by atoms with Gasteiger partial charge < -0.3 is 13.9 Å². The minimum atomic E-state index is -0.502. The van der Waals surface area contributed by atoms with E-state index in [0.29, 0.717) is 34.8 Å². The van der Waals surface area contributed by atoms with Crippen LogP contribution in [0.3, 0.4) is 0 Å². The molecule has 4 rings (SSSR count). The summed E-state index contributed by atoms with van der Waals surface area (Å²) in [6.07, 6.45) is 3.44. The van der Waals surface area contributed by atoms with Crippen LogP contribution in [0.2, 0.25) is 0 Å². The van der Waals surface area contributed by atoms with E-state index in [1.807, 2.05) is 18.2 Å². The summed E-state index contributed by atoms with van der Waals surface area (Å²) >= 11 is 0. The third kappa shape index (κ3) is 5.31. The molecule has 0 bridgehead atoms.